The lowest BCUT2D eigenvalue weighted by molar-refractivity contribution is 0.305. The minimum atomic E-state index is -0.156. The molecule has 35 heavy (non-hydrogen) atoms. The SMILES string of the molecule is Cc1cccc(COc2ccc(Cl)cc2C=Nn2c(C3CCCCC3)nc3ccccc3c2=O)c1. The van der Waals surface area contributed by atoms with Gasteiger partial charge in [-0.1, -0.05) is 72.8 Å². The summed E-state index contributed by atoms with van der Waals surface area (Å²) in [5.74, 6) is 1.60. The van der Waals surface area contributed by atoms with Crippen LogP contribution in [0.5, 0.6) is 5.75 Å². The summed E-state index contributed by atoms with van der Waals surface area (Å²) in [6.07, 6.45) is 7.19. The van der Waals surface area contributed by atoms with Crippen molar-refractivity contribution >= 4 is 28.7 Å². The predicted octanol–water partition coefficient (Wildman–Crippen LogP) is 6.87. The zero-order chi connectivity index (χ0) is 24.2. The highest BCUT2D eigenvalue weighted by atomic mass is 35.5. The third kappa shape index (κ3) is 5.30. The van der Waals surface area contributed by atoms with Crippen LogP contribution in [0.15, 0.2) is 76.6 Å². The largest absolute Gasteiger partial charge is 0.488 e. The quantitative estimate of drug-likeness (QED) is 0.280. The van der Waals surface area contributed by atoms with Crippen molar-refractivity contribution in [3.8, 4) is 5.75 Å². The molecule has 1 aliphatic rings. The molecule has 5 nitrogen and oxygen atoms in total. The fourth-order valence-electron chi connectivity index (χ4n) is 4.71. The van der Waals surface area contributed by atoms with Crippen molar-refractivity contribution in [2.75, 3.05) is 0 Å². The van der Waals surface area contributed by atoms with Crippen LogP contribution in [0.4, 0.5) is 0 Å². The molecule has 0 radical (unpaired) electrons. The summed E-state index contributed by atoms with van der Waals surface area (Å²) < 4.78 is 7.59. The average molecular weight is 486 g/mol. The Kier molecular flexibility index (Phi) is 6.96. The Balaban J connectivity index is 1.52. The first kappa shape index (κ1) is 23.3. The molecule has 0 spiro atoms. The first-order valence-electron chi connectivity index (χ1n) is 12.1. The zero-order valence-corrected chi connectivity index (χ0v) is 20.5. The van der Waals surface area contributed by atoms with E-state index in [-0.39, 0.29) is 11.5 Å². The van der Waals surface area contributed by atoms with Gasteiger partial charge in [0, 0.05) is 16.5 Å². The Morgan fingerprint density at radius 2 is 1.89 bits per heavy atom. The summed E-state index contributed by atoms with van der Waals surface area (Å²) in [4.78, 5) is 18.3. The Hall–Kier alpha value is -3.44. The van der Waals surface area contributed by atoms with Crippen LogP contribution in [0.3, 0.4) is 0 Å². The summed E-state index contributed by atoms with van der Waals surface area (Å²) in [6, 6.07) is 21.1. The lowest BCUT2D eigenvalue weighted by atomic mass is 9.88. The molecule has 1 fully saturated rings. The summed E-state index contributed by atoms with van der Waals surface area (Å²) in [6.45, 7) is 2.48. The van der Waals surface area contributed by atoms with Gasteiger partial charge in [-0.25, -0.2) is 4.98 Å². The molecule has 1 heterocycles. The molecule has 1 saturated carbocycles. The molecule has 1 aliphatic carbocycles. The molecule has 1 aromatic heterocycles. The van der Waals surface area contributed by atoms with Gasteiger partial charge < -0.3 is 4.74 Å². The second kappa shape index (κ2) is 10.4. The molecule has 0 unspecified atom stereocenters. The van der Waals surface area contributed by atoms with Gasteiger partial charge in [-0.3, -0.25) is 4.79 Å². The Bertz CT molecular complexity index is 1440. The maximum Gasteiger partial charge on any atom is 0.282 e. The summed E-state index contributed by atoms with van der Waals surface area (Å²) >= 11 is 6.30. The molecular formula is C29H28ClN3O2. The van der Waals surface area contributed by atoms with E-state index in [0.717, 1.165) is 42.6 Å². The minimum absolute atomic E-state index is 0.156. The van der Waals surface area contributed by atoms with Gasteiger partial charge in [-0.2, -0.15) is 9.78 Å². The maximum atomic E-state index is 13.5. The molecule has 0 saturated heterocycles. The highest BCUT2D eigenvalue weighted by molar-refractivity contribution is 6.30. The second-order valence-electron chi connectivity index (χ2n) is 9.14. The third-order valence-electron chi connectivity index (χ3n) is 6.51. The fourth-order valence-corrected chi connectivity index (χ4v) is 4.89. The smallest absolute Gasteiger partial charge is 0.282 e. The van der Waals surface area contributed by atoms with Crippen LogP contribution in [0.2, 0.25) is 5.02 Å². The van der Waals surface area contributed by atoms with Gasteiger partial charge in [-0.05, 0) is 55.7 Å². The monoisotopic (exact) mass is 485 g/mol. The highest BCUT2D eigenvalue weighted by Gasteiger charge is 2.22. The van der Waals surface area contributed by atoms with Gasteiger partial charge in [0.15, 0.2) is 0 Å². The highest BCUT2D eigenvalue weighted by Crippen LogP contribution is 2.32. The number of nitrogens with zero attached hydrogens (tertiary/aromatic N) is 3. The van der Waals surface area contributed by atoms with Crippen molar-refractivity contribution in [2.45, 2.75) is 51.6 Å². The molecule has 5 rings (SSSR count). The molecule has 6 heteroatoms. The standard InChI is InChI=1S/C29H28ClN3O2/c1-20-8-7-9-21(16-20)19-35-27-15-14-24(30)17-23(27)18-31-33-28(22-10-3-2-4-11-22)32-26-13-6-5-12-25(26)29(33)34/h5-9,12-18,22H,2-4,10-11,19H2,1H3. The van der Waals surface area contributed by atoms with E-state index < -0.39 is 0 Å². The molecule has 178 valence electrons. The van der Waals surface area contributed by atoms with Crippen LogP contribution < -0.4 is 10.3 Å². The number of hydrogen-bond donors (Lipinski definition) is 0. The molecule has 0 amide bonds. The number of fused-ring (bicyclic) bond motifs is 1. The second-order valence-corrected chi connectivity index (χ2v) is 9.58. The van der Waals surface area contributed by atoms with Gasteiger partial charge in [0.05, 0.1) is 17.1 Å². The number of aromatic nitrogens is 2. The van der Waals surface area contributed by atoms with E-state index in [4.69, 9.17) is 21.3 Å². The molecule has 4 aromatic rings. The topological polar surface area (TPSA) is 56.5 Å². The predicted molar refractivity (Wildman–Crippen MR) is 142 cm³/mol. The van der Waals surface area contributed by atoms with Gasteiger partial charge in [-0.15, -0.1) is 0 Å². The Morgan fingerprint density at radius 3 is 2.71 bits per heavy atom. The molecule has 0 atom stereocenters. The Morgan fingerprint density at radius 1 is 1.06 bits per heavy atom. The van der Waals surface area contributed by atoms with Crippen LogP contribution in [0, 0.1) is 6.92 Å². The van der Waals surface area contributed by atoms with Crippen molar-refractivity contribution in [1.82, 2.24) is 9.66 Å². The van der Waals surface area contributed by atoms with Gasteiger partial charge in [0.1, 0.15) is 18.2 Å². The molecular weight excluding hydrogens is 458 g/mol. The van der Waals surface area contributed by atoms with Crippen molar-refractivity contribution in [3.63, 3.8) is 0 Å². The normalized spacial score (nSPS) is 14.6. The van der Waals surface area contributed by atoms with Crippen LogP contribution >= 0.6 is 11.6 Å². The van der Waals surface area contributed by atoms with E-state index in [1.54, 1.807) is 24.4 Å². The van der Waals surface area contributed by atoms with Crippen LogP contribution in [-0.2, 0) is 6.61 Å². The van der Waals surface area contributed by atoms with E-state index in [9.17, 15) is 4.79 Å². The number of hydrogen-bond acceptors (Lipinski definition) is 4. The van der Waals surface area contributed by atoms with Crippen LogP contribution in [-0.4, -0.2) is 15.9 Å². The van der Waals surface area contributed by atoms with Gasteiger partial charge in [0.2, 0.25) is 0 Å². The third-order valence-corrected chi connectivity index (χ3v) is 6.75. The van der Waals surface area contributed by atoms with E-state index in [0.29, 0.717) is 28.3 Å². The van der Waals surface area contributed by atoms with Crippen molar-refractivity contribution in [2.24, 2.45) is 5.10 Å². The van der Waals surface area contributed by atoms with Crippen LogP contribution in [0.25, 0.3) is 10.9 Å². The average Bonchev–Trinajstić information content (AvgIpc) is 2.88. The summed E-state index contributed by atoms with van der Waals surface area (Å²) in [7, 11) is 0. The van der Waals surface area contributed by atoms with Crippen molar-refractivity contribution in [3.05, 3.63) is 105 Å². The van der Waals surface area contributed by atoms with Crippen molar-refractivity contribution < 1.29 is 4.74 Å². The number of halogens is 1. The van der Waals surface area contributed by atoms with E-state index >= 15 is 0 Å². The first-order valence-corrected chi connectivity index (χ1v) is 12.5. The fraction of sp³-hybridized carbons (Fsp3) is 0.276. The number of aryl methyl sites for hydroxylation is 1. The Labute approximate surface area is 210 Å². The number of benzene rings is 3. The van der Waals surface area contributed by atoms with Crippen molar-refractivity contribution in [1.29, 1.82) is 0 Å². The van der Waals surface area contributed by atoms with Gasteiger partial charge >= 0.3 is 0 Å². The van der Waals surface area contributed by atoms with E-state index in [2.05, 4.69) is 24.2 Å². The maximum absolute atomic E-state index is 13.5. The molecule has 3 aromatic carbocycles. The number of para-hydroxylation sites is 1. The number of ether oxygens (including phenoxy) is 1. The van der Waals surface area contributed by atoms with Gasteiger partial charge in [0.25, 0.3) is 5.56 Å². The van der Waals surface area contributed by atoms with E-state index in [1.165, 1.54) is 16.7 Å². The lowest BCUT2D eigenvalue weighted by Crippen LogP contribution is -2.25. The lowest BCUT2D eigenvalue weighted by Gasteiger charge is -2.22. The minimum Gasteiger partial charge on any atom is -0.488 e. The summed E-state index contributed by atoms with van der Waals surface area (Å²) in [5.41, 5.74) is 3.53. The van der Waals surface area contributed by atoms with E-state index in [1.807, 2.05) is 36.4 Å². The zero-order valence-electron chi connectivity index (χ0n) is 19.8. The molecule has 0 bridgehead atoms. The first-order chi connectivity index (χ1) is 17.1. The van der Waals surface area contributed by atoms with Crippen LogP contribution in [0.1, 0.15) is 60.5 Å². The summed E-state index contributed by atoms with van der Waals surface area (Å²) in [5, 5.41) is 5.79. The number of rotatable bonds is 6. The molecule has 0 N–H and O–H groups in total. The molecule has 0 aliphatic heterocycles.